The maximum atomic E-state index is 6.24. The summed E-state index contributed by atoms with van der Waals surface area (Å²) in [6.45, 7) is 4.45. The van der Waals surface area contributed by atoms with Gasteiger partial charge in [0.15, 0.2) is 0 Å². The lowest BCUT2D eigenvalue weighted by molar-refractivity contribution is 0.134. The molecule has 0 radical (unpaired) electrons. The Balaban J connectivity index is 1.99. The molecule has 0 saturated heterocycles. The second-order valence-electron chi connectivity index (χ2n) is 5.19. The maximum Gasteiger partial charge on any atom is 0.0725 e. The van der Waals surface area contributed by atoms with Crippen molar-refractivity contribution < 1.29 is 4.74 Å². The van der Waals surface area contributed by atoms with Crippen molar-refractivity contribution in [3.05, 3.63) is 68.1 Å². The van der Waals surface area contributed by atoms with Crippen molar-refractivity contribution in [3.8, 4) is 0 Å². The third-order valence-corrected chi connectivity index (χ3v) is 5.00. The molecule has 0 amide bonds. The van der Waals surface area contributed by atoms with Crippen molar-refractivity contribution in [2.75, 3.05) is 6.54 Å². The highest BCUT2D eigenvalue weighted by Crippen LogP contribution is 2.31. The number of ether oxygens (including phenoxy) is 1. The highest BCUT2D eigenvalue weighted by atomic mass is 79.9. The SMILES string of the molecule is CCNC(c1ccc(Br)c(Cl)c1)c1ccc2c(c1)COC2. The van der Waals surface area contributed by atoms with E-state index in [9.17, 15) is 0 Å². The topological polar surface area (TPSA) is 21.3 Å². The smallest absolute Gasteiger partial charge is 0.0725 e. The van der Waals surface area contributed by atoms with Crippen LogP contribution in [-0.2, 0) is 18.0 Å². The summed E-state index contributed by atoms with van der Waals surface area (Å²) in [5.74, 6) is 0. The van der Waals surface area contributed by atoms with Gasteiger partial charge in [-0.1, -0.05) is 42.8 Å². The van der Waals surface area contributed by atoms with Crippen molar-refractivity contribution >= 4 is 27.5 Å². The molecular weight excluding hydrogens is 350 g/mol. The number of nitrogens with one attached hydrogen (secondary N) is 1. The Bertz CT molecular complexity index is 659. The van der Waals surface area contributed by atoms with Crippen molar-refractivity contribution in [1.29, 1.82) is 0 Å². The minimum Gasteiger partial charge on any atom is -0.372 e. The van der Waals surface area contributed by atoms with E-state index in [4.69, 9.17) is 16.3 Å². The molecule has 2 aromatic rings. The molecule has 0 saturated carbocycles. The van der Waals surface area contributed by atoms with Crippen molar-refractivity contribution in [1.82, 2.24) is 5.32 Å². The van der Waals surface area contributed by atoms with E-state index < -0.39 is 0 Å². The summed E-state index contributed by atoms with van der Waals surface area (Å²) in [6, 6.07) is 12.9. The predicted octanol–water partition coefficient (Wildman–Crippen LogP) is 4.83. The average Bonchev–Trinajstić information content (AvgIpc) is 2.95. The average molecular weight is 367 g/mol. The van der Waals surface area contributed by atoms with Crippen LogP contribution in [0.5, 0.6) is 0 Å². The lowest BCUT2D eigenvalue weighted by Gasteiger charge is -2.20. The first-order chi connectivity index (χ1) is 10.2. The molecule has 1 aliphatic rings. The van der Waals surface area contributed by atoms with E-state index in [2.05, 4.69) is 52.4 Å². The van der Waals surface area contributed by atoms with E-state index in [0.29, 0.717) is 6.61 Å². The van der Waals surface area contributed by atoms with Gasteiger partial charge in [0.25, 0.3) is 0 Å². The van der Waals surface area contributed by atoms with Gasteiger partial charge >= 0.3 is 0 Å². The van der Waals surface area contributed by atoms with Crippen LogP contribution in [-0.4, -0.2) is 6.54 Å². The zero-order chi connectivity index (χ0) is 14.8. The first-order valence-corrected chi connectivity index (χ1v) is 8.24. The van der Waals surface area contributed by atoms with E-state index in [0.717, 1.165) is 22.6 Å². The fourth-order valence-electron chi connectivity index (χ4n) is 2.70. The van der Waals surface area contributed by atoms with Crippen molar-refractivity contribution in [2.45, 2.75) is 26.2 Å². The molecule has 21 heavy (non-hydrogen) atoms. The Morgan fingerprint density at radius 3 is 2.62 bits per heavy atom. The second kappa shape index (κ2) is 6.49. The predicted molar refractivity (Wildman–Crippen MR) is 89.6 cm³/mol. The van der Waals surface area contributed by atoms with Crippen molar-refractivity contribution in [2.24, 2.45) is 0 Å². The van der Waals surface area contributed by atoms with Crippen LogP contribution in [0.2, 0.25) is 5.02 Å². The van der Waals surface area contributed by atoms with Crippen LogP contribution in [0, 0.1) is 0 Å². The molecule has 0 bridgehead atoms. The van der Waals surface area contributed by atoms with Crippen molar-refractivity contribution in [3.63, 3.8) is 0 Å². The fourth-order valence-corrected chi connectivity index (χ4v) is 3.13. The number of rotatable bonds is 4. The number of halogens is 2. The van der Waals surface area contributed by atoms with E-state index >= 15 is 0 Å². The molecule has 1 atom stereocenters. The Labute approximate surface area is 138 Å². The number of hydrogen-bond acceptors (Lipinski definition) is 2. The summed E-state index contributed by atoms with van der Waals surface area (Å²) in [5, 5.41) is 4.27. The molecule has 4 heteroatoms. The van der Waals surface area contributed by atoms with Gasteiger partial charge < -0.3 is 10.1 Å². The van der Waals surface area contributed by atoms with Gasteiger partial charge in [-0.15, -0.1) is 0 Å². The van der Waals surface area contributed by atoms with Crippen LogP contribution in [0.1, 0.15) is 35.2 Å². The minimum absolute atomic E-state index is 0.145. The zero-order valence-electron chi connectivity index (χ0n) is 11.8. The van der Waals surface area contributed by atoms with Gasteiger partial charge in [0.2, 0.25) is 0 Å². The van der Waals surface area contributed by atoms with Crippen LogP contribution >= 0.6 is 27.5 Å². The van der Waals surface area contributed by atoms with E-state index in [1.807, 2.05) is 12.1 Å². The number of hydrogen-bond donors (Lipinski definition) is 1. The van der Waals surface area contributed by atoms with E-state index in [1.54, 1.807) is 0 Å². The highest BCUT2D eigenvalue weighted by molar-refractivity contribution is 9.10. The van der Waals surface area contributed by atoms with Gasteiger partial charge in [0.1, 0.15) is 0 Å². The lowest BCUT2D eigenvalue weighted by atomic mass is 9.95. The quantitative estimate of drug-likeness (QED) is 0.836. The molecule has 1 N–H and O–H groups in total. The maximum absolute atomic E-state index is 6.24. The fraction of sp³-hybridized carbons (Fsp3) is 0.294. The van der Waals surface area contributed by atoms with Crippen LogP contribution in [0.3, 0.4) is 0 Å². The van der Waals surface area contributed by atoms with Crippen LogP contribution < -0.4 is 5.32 Å². The van der Waals surface area contributed by atoms with E-state index in [1.165, 1.54) is 22.3 Å². The summed E-state index contributed by atoms with van der Waals surface area (Å²) < 4.78 is 6.42. The molecular formula is C17H17BrClNO. The minimum atomic E-state index is 0.145. The summed E-state index contributed by atoms with van der Waals surface area (Å²) >= 11 is 9.69. The molecule has 1 aliphatic heterocycles. The largest absolute Gasteiger partial charge is 0.372 e. The third-order valence-electron chi connectivity index (χ3n) is 3.76. The monoisotopic (exact) mass is 365 g/mol. The Hall–Kier alpha value is -0.870. The molecule has 2 nitrogen and oxygen atoms in total. The Kier molecular flexibility index (Phi) is 4.65. The first-order valence-electron chi connectivity index (χ1n) is 7.07. The highest BCUT2D eigenvalue weighted by Gasteiger charge is 2.18. The van der Waals surface area contributed by atoms with Gasteiger partial charge in [-0.05, 0) is 56.9 Å². The first kappa shape index (κ1) is 15.0. The van der Waals surface area contributed by atoms with Crippen LogP contribution in [0.25, 0.3) is 0 Å². The summed E-state index contributed by atoms with van der Waals surface area (Å²) in [4.78, 5) is 0. The molecule has 0 aliphatic carbocycles. The molecule has 0 fully saturated rings. The van der Waals surface area contributed by atoms with E-state index in [-0.39, 0.29) is 6.04 Å². The van der Waals surface area contributed by atoms with Gasteiger partial charge in [0.05, 0.1) is 24.3 Å². The molecule has 3 rings (SSSR count). The standard InChI is InChI=1S/C17H17BrClNO/c1-2-20-17(12-5-6-15(18)16(19)8-12)11-3-4-13-9-21-10-14(13)7-11/h3-8,17,20H,2,9-10H2,1H3. The third kappa shape index (κ3) is 3.16. The summed E-state index contributed by atoms with van der Waals surface area (Å²) in [7, 11) is 0. The second-order valence-corrected chi connectivity index (χ2v) is 6.45. The van der Waals surface area contributed by atoms with Crippen LogP contribution in [0.15, 0.2) is 40.9 Å². The lowest BCUT2D eigenvalue weighted by Crippen LogP contribution is -2.22. The molecule has 110 valence electrons. The normalized spacial score (nSPS) is 15.0. The van der Waals surface area contributed by atoms with Gasteiger partial charge in [0, 0.05) is 4.47 Å². The zero-order valence-corrected chi connectivity index (χ0v) is 14.2. The molecule has 1 unspecified atom stereocenters. The Morgan fingerprint density at radius 2 is 1.86 bits per heavy atom. The number of benzene rings is 2. The summed E-state index contributed by atoms with van der Waals surface area (Å²) in [6.07, 6.45) is 0. The molecule has 2 aromatic carbocycles. The molecule has 0 spiro atoms. The number of fused-ring (bicyclic) bond motifs is 1. The molecule has 1 heterocycles. The van der Waals surface area contributed by atoms with Gasteiger partial charge in [-0.2, -0.15) is 0 Å². The summed E-state index contributed by atoms with van der Waals surface area (Å²) in [5.41, 5.74) is 5.00. The molecule has 0 aromatic heterocycles. The van der Waals surface area contributed by atoms with Gasteiger partial charge in [-0.25, -0.2) is 0 Å². The van der Waals surface area contributed by atoms with Crippen LogP contribution in [0.4, 0.5) is 0 Å². The van der Waals surface area contributed by atoms with Gasteiger partial charge in [-0.3, -0.25) is 0 Å². The Morgan fingerprint density at radius 1 is 1.14 bits per heavy atom.